The van der Waals surface area contributed by atoms with Crippen molar-refractivity contribution in [1.29, 1.82) is 0 Å². The summed E-state index contributed by atoms with van der Waals surface area (Å²) in [4.78, 5) is 24.7. The van der Waals surface area contributed by atoms with E-state index in [9.17, 15) is 18.4 Å². The van der Waals surface area contributed by atoms with Gasteiger partial charge in [0, 0.05) is 12.1 Å². The van der Waals surface area contributed by atoms with E-state index in [1.165, 1.54) is 60.9 Å². The summed E-state index contributed by atoms with van der Waals surface area (Å²) in [6.07, 6.45) is -0.229. The number of carbonyl (C=O) groups excluding carboxylic acids is 2. The Kier molecular flexibility index (Phi) is 5.61. The number of hydrogen-bond donors (Lipinski definition) is 1. The Morgan fingerprint density at radius 3 is 2.41 bits per heavy atom. The summed E-state index contributed by atoms with van der Waals surface area (Å²) in [7, 11) is 0. The lowest BCUT2D eigenvalue weighted by Crippen LogP contribution is -2.32. The fourth-order valence-electron chi connectivity index (χ4n) is 2.39. The van der Waals surface area contributed by atoms with Crippen LogP contribution in [-0.2, 0) is 16.1 Å². The Morgan fingerprint density at radius 1 is 1.00 bits per heavy atom. The molecule has 7 heteroatoms. The average molecular weight is 371 g/mol. The van der Waals surface area contributed by atoms with Crippen LogP contribution in [-0.4, -0.2) is 11.9 Å². The van der Waals surface area contributed by atoms with Crippen molar-refractivity contribution in [3.05, 3.63) is 95.4 Å². The van der Waals surface area contributed by atoms with Crippen LogP contribution in [0.15, 0.2) is 71.3 Å². The van der Waals surface area contributed by atoms with Gasteiger partial charge in [-0.05, 0) is 35.9 Å². The molecule has 1 amide bonds. The summed E-state index contributed by atoms with van der Waals surface area (Å²) >= 11 is 0. The van der Waals surface area contributed by atoms with Crippen LogP contribution in [0.4, 0.5) is 8.78 Å². The Bertz CT molecular complexity index is 923. The number of carbonyl (C=O) groups is 2. The second-order valence-electron chi connectivity index (χ2n) is 5.63. The predicted molar refractivity (Wildman–Crippen MR) is 91.5 cm³/mol. The largest absolute Gasteiger partial charge is 0.457 e. The number of furan rings is 1. The number of esters is 1. The third-order valence-electron chi connectivity index (χ3n) is 3.75. The molecule has 0 spiro atoms. The van der Waals surface area contributed by atoms with Gasteiger partial charge in [0.25, 0.3) is 5.91 Å². The molecule has 0 radical (unpaired) electrons. The van der Waals surface area contributed by atoms with Crippen molar-refractivity contribution >= 4 is 11.9 Å². The molecule has 2 aromatic carbocycles. The number of benzene rings is 2. The zero-order chi connectivity index (χ0) is 19.2. The summed E-state index contributed by atoms with van der Waals surface area (Å²) in [6.45, 7) is 0.0579. The molecule has 1 aromatic heterocycles. The fourth-order valence-corrected chi connectivity index (χ4v) is 2.39. The van der Waals surface area contributed by atoms with Gasteiger partial charge in [0.15, 0.2) is 0 Å². The standard InChI is InChI=1S/C20H15F2NO4/c21-14-9-7-13(8-10-14)12-23-19(24)18(15-4-1-2-5-16(15)22)27-20(25)17-6-3-11-26-17/h1-11,18H,12H2,(H,23,24)/t18-/m1/s1. The Balaban J connectivity index is 1.78. The minimum Gasteiger partial charge on any atom is -0.457 e. The van der Waals surface area contributed by atoms with E-state index in [4.69, 9.17) is 9.15 Å². The van der Waals surface area contributed by atoms with Crippen molar-refractivity contribution < 1.29 is 27.5 Å². The number of ether oxygens (including phenoxy) is 1. The van der Waals surface area contributed by atoms with E-state index in [1.54, 1.807) is 0 Å². The second-order valence-corrected chi connectivity index (χ2v) is 5.63. The van der Waals surface area contributed by atoms with E-state index in [0.29, 0.717) is 5.56 Å². The predicted octanol–water partition coefficient (Wildman–Crippen LogP) is 3.77. The van der Waals surface area contributed by atoms with Crippen LogP contribution < -0.4 is 5.32 Å². The van der Waals surface area contributed by atoms with Gasteiger partial charge in [-0.1, -0.05) is 30.3 Å². The Morgan fingerprint density at radius 2 is 1.74 bits per heavy atom. The molecule has 0 bridgehead atoms. The molecular formula is C20H15F2NO4. The van der Waals surface area contributed by atoms with Crippen molar-refractivity contribution in [2.24, 2.45) is 0 Å². The molecule has 0 saturated carbocycles. The van der Waals surface area contributed by atoms with E-state index < -0.39 is 29.6 Å². The first-order valence-corrected chi connectivity index (χ1v) is 8.05. The van der Waals surface area contributed by atoms with Gasteiger partial charge >= 0.3 is 5.97 Å². The number of amides is 1. The third kappa shape index (κ3) is 4.58. The van der Waals surface area contributed by atoms with Crippen LogP contribution in [0.3, 0.4) is 0 Å². The lowest BCUT2D eigenvalue weighted by atomic mass is 10.1. The van der Waals surface area contributed by atoms with E-state index in [-0.39, 0.29) is 17.9 Å². The molecule has 27 heavy (non-hydrogen) atoms. The maximum atomic E-state index is 14.2. The molecule has 0 aliphatic heterocycles. The first kappa shape index (κ1) is 18.3. The highest BCUT2D eigenvalue weighted by Crippen LogP contribution is 2.23. The number of rotatable bonds is 6. The van der Waals surface area contributed by atoms with Crippen LogP contribution in [0.25, 0.3) is 0 Å². The van der Waals surface area contributed by atoms with E-state index in [0.717, 1.165) is 6.07 Å². The minimum atomic E-state index is -1.51. The van der Waals surface area contributed by atoms with Gasteiger partial charge in [0.1, 0.15) is 11.6 Å². The molecule has 0 aliphatic rings. The van der Waals surface area contributed by atoms with Crippen LogP contribution in [0.5, 0.6) is 0 Å². The van der Waals surface area contributed by atoms with Crippen molar-refractivity contribution in [2.45, 2.75) is 12.6 Å². The van der Waals surface area contributed by atoms with Crippen molar-refractivity contribution in [1.82, 2.24) is 5.32 Å². The smallest absolute Gasteiger partial charge is 0.375 e. The zero-order valence-corrected chi connectivity index (χ0v) is 14.0. The summed E-state index contributed by atoms with van der Waals surface area (Å²) in [5.74, 6) is -2.81. The molecule has 0 fully saturated rings. The lowest BCUT2D eigenvalue weighted by Gasteiger charge is -2.18. The normalized spacial score (nSPS) is 11.6. The third-order valence-corrected chi connectivity index (χ3v) is 3.75. The molecular weight excluding hydrogens is 356 g/mol. The molecule has 0 saturated heterocycles. The highest BCUT2D eigenvalue weighted by molar-refractivity contribution is 5.90. The zero-order valence-electron chi connectivity index (χ0n) is 14.0. The first-order chi connectivity index (χ1) is 13.0. The molecule has 138 valence electrons. The van der Waals surface area contributed by atoms with Crippen LogP contribution in [0, 0.1) is 11.6 Å². The quantitative estimate of drug-likeness (QED) is 0.670. The summed E-state index contributed by atoms with van der Waals surface area (Å²) in [5, 5.41) is 2.56. The van der Waals surface area contributed by atoms with Gasteiger partial charge in [-0.15, -0.1) is 0 Å². The molecule has 5 nitrogen and oxygen atoms in total. The molecule has 1 heterocycles. The monoisotopic (exact) mass is 371 g/mol. The minimum absolute atomic E-state index is 0.0579. The van der Waals surface area contributed by atoms with Crippen molar-refractivity contribution in [3.63, 3.8) is 0 Å². The molecule has 1 N–H and O–H groups in total. The van der Waals surface area contributed by atoms with Crippen molar-refractivity contribution in [2.75, 3.05) is 0 Å². The number of nitrogens with one attached hydrogen (secondary N) is 1. The topological polar surface area (TPSA) is 68.5 Å². The molecule has 0 aliphatic carbocycles. The summed E-state index contributed by atoms with van der Waals surface area (Å²) in [6, 6.07) is 13.9. The van der Waals surface area contributed by atoms with Crippen molar-refractivity contribution in [3.8, 4) is 0 Å². The van der Waals surface area contributed by atoms with Gasteiger partial charge in [-0.2, -0.15) is 0 Å². The van der Waals surface area contributed by atoms with E-state index >= 15 is 0 Å². The van der Waals surface area contributed by atoms with Gasteiger partial charge in [-0.25, -0.2) is 13.6 Å². The number of halogens is 2. The summed E-state index contributed by atoms with van der Waals surface area (Å²) in [5.41, 5.74) is 0.545. The molecule has 1 atom stereocenters. The maximum absolute atomic E-state index is 14.2. The van der Waals surface area contributed by atoms with Crippen LogP contribution in [0.1, 0.15) is 27.8 Å². The van der Waals surface area contributed by atoms with Gasteiger partial charge in [0.2, 0.25) is 11.9 Å². The Hall–Kier alpha value is -3.48. The van der Waals surface area contributed by atoms with E-state index in [1.807, 2.05) is 0 Å². The highest BCUT2D eigenvalue weighted by atomic mass is 19.1. The highest BCUT2D eigenvalue weighted by Gasteiger charge is 2.28. The average Bonchev–Trinajstić information content (AvgIpc) is 3.21. The van der Waals surface area contributed by atoms with Gasteiger partial charge in [0.05, 0.1) is 6.26 Å². The fraction of sp³-hybridized carbons (Fsp3) is 0.100. The summed E-state index contributed by atoms with van der Waals surface area (Å²) < 4.78 is 37.3. The lowest BCUT2D eigenvalue weighted by molar-refractivity contribution is -0.130. The molecule has 0 unspecified atom stereocenters. The van der Waals surface area contributed by atoms with Gasteiger partial charge < -0.3 is 14.5 Å². The van der Waals surface area contributed by atoms with Crippen LogP contribution >= 0.6 is 0 Å². The van der Waals surface area contributed by atoms with Gasteiger partial charge in [-0.3, -0.25) is 4.79 Å². The molecule has 3 aromatic rings. The second kappa shape index (κ2) is 8.27. The van der Waals surface area contributed by atoms with E-state index in [2.05, 4.69) is 5.32 Å². The SMILES string of the molecule is O=C(O[C@@H](C(=O)NCc1ccc(F)cc1)c1ccccc1F)c1ccco1. The van der Waals surface area contributed by atoms with Crippen LogP contribution in [0.2, 0.25) is 0 Å². The molecule has 3 rings (SSSR count). The first-order valence-electron chi connectivity index (χ1n) is 8.05. The Labute approximate surface area is 153 Å². The maximum Gasteiger partial charge on any atom is 0.375 e. The number of hydrogen-bond acceptors (Lipinski definition) is 4.